The molecule has 0 aliphatic carbocycles. The van der Waals surface area contributed by atoms with Gasteiger partial charge in [0.15, 0.2) is 11.0 Å². The molecule has 0 aliphatic heterocycles. The van der Waals surface area contributed by atoms with Crippen LogP contribution in [0.5, 0.6) is 0 Å². The molecule has 0 saturated carbocycles. The average molecular weight is 344 g/mol. The number of carbonyl (C=O) groups excluding carboxylic acids is 1. The van der Waals surface area contributed by atoms with Gasteiger partial charge in [0.25, 0.3) is 5.56 Å². The number of rotatable bonds is 4. The summed E-state index contributed by atoms with van der Waals surface area (Å²) in [4.78, 5) is 29.4. The van der Waals surface area contributed by atoms with Crippen molar-refractivity contribution < 1.29 is 9.18 Å². The summed E-state index contributed by atoms with van der Waals surface area (Å²) in [6, 6.07) is 3.82. The molecule has 2 aromatic rings. The second-order valence-corrected chi connectivity index (χ2v) is 5.51. The fourth-order valence-electron chi connectivity index (χ4n) is 1.45. The van der Waals surface area contributed by atoms with E-state index in [-0.39, 0.29) is 33.3 Å². The molecule has 0 saturated heterocycles. The molecule has 1 aromatic carbocycles. The monoisotopic (exact) mass is 343 g/mol. The van der Waals surface area contributed by atoms with E-state index in [1.165, 1.54) is 12.1 Å². The molecule has 1 heterocycles. The fraction of sp³-hybridized carbons (Fsp3) is 0.0833. The fourth-order valence-corrected chi connectivity index (χ4v) is 2.30. The third-order valence-electron chi connectivity index (χ3n) is 2.51. The number of benzene rings is 1. The maximum atomic E-state index is 13.0. The number of hydrogen-bond acceptors (Lipinski definition) is 6. The maximum absolute atomic E-state index is 13.0. The summed E-state index contributed by atoms with van der Waals surface area (Å²) < 4.78 is 13.0. The van der Waals surface area contributed by atoms with Crippen LogP contribution in [0.25, 0.3) is 0 Å². The number of halogens is 2. The van der Waals surface area contributed by atoms with Crippen molar-refractivity contribution >= 4 is 46.5 Å². The number of aromatic nitrogens is 2. The standard InChI is InChI=1S/C12H11ClFN5O2S/c13-6-3-5(1-2-7(6)14)17-8(20)4-22-12-18-10(16)9(15)11(21)19-12/h1-3H,4,15H2,(H,17,20)(H3,16,18,19,21). The van der Waals surface area contributed by atoms with Gasteiger partial charge in [-0.15, -0.1) is 0 Å². The van der Waals surface area contributed by atoms with Gasteiger partial charge in [0.05, 0.1) is 10.8 Å². The van der Waals surface area contributed by atoms with E-state index in [0.29, 0.717) is 5.69 Å². The number of carbonyl (C=O) groups is 1. The number of anilines is 3. The van der Waals surface area contributed by atoms with Gasteiger partial charge in [0, 0.05) is 5.69 Å². The molecular weight excluding hydrogens is 333 g/mol. The van der Waals surface area contributed by atoms with Crippen LogP contribution in [0, 0.1) is 5.82 Å². The first-order valence-corrected chi connectivity index (χ1v) is 7.26. The summed E-state index contributed by atoms with van der Waals surface area (Å²) in [6.45, 7) is 0. The first-order chi connectivity index (χ1) is 10.4. The van der Waals surface area contributed by atoms with Crippen LogP contribution in [0.4, 0.5) is 21.6 Å². The second-order valence-electron chi connectivity index (χ2n) is 4.14. The molecule has 0 fully saturated rings. The number of aromatic amines is 1. The van der Waals surface area contributed by atoms with E-state index in [2.05, 4.69) is 15.3 Å². The zero-order valence-electron chi connectivity index (χ0n) is 11.0. The van der Waals surface area contributed by atoms with Crippen LogP contribution in [-0.2, 0) is 4.79 Å². The lowest BCUT2D eigenvalue weighted by molar-refractivity contribution is -0.113. The topological polar surface area (TPSA) is 127 Å². The van der Waals surface area contributed by atoms with Gasteiger partial charge in [-0.25, -0.2) is 9.37 Å². The molecule has 1 aromatic heterocycles. The second kappa shape index (κ2) is 6.67. The van der Waals surface area contributed by atoms with Crippen LogP contribution in [0.15, 0.2) is 28.2 Å². The van der Waals surface area contributed by atoms with Crippen molar-refractivity contribution in [1.29, 1.82) is 0 Å². The minimum absolute atomic E-state index is 0.0404. The number of thioether (sulfide) groups is 1. The van der Waals surface area contributed by atoms with Crippen molar-refractivity contribution in [3.63, 3.8) is 0 Å². The zero-order valence-corrected chi connectivity index (χ0v) is 12.6. The molecule has 0 atom stereocenters. The summed E-state index contributed by atoms with van der Waals surface area (Å²) in [5.74, 6) is -1.10. The molecule has 0 unspecified atom stereocenters. The lowest BCUT2D eigenvalue weighted by atomic mass is 10.3. The van der Waals surface area contributed by atoms with Gasteiger partial charge in [-0.1, -0.05) is 23.4 Å². The minimum atomic E-state index is -0.576. The Morgan fingerprint density at radius 3 is 2.82 bits per heavy atom. The van der Waals surface area contributed by atoms with Crippen molar-refractivity contribution in [3.8, 4) is 0 Å². The smallest absolute Gasteiger partial charge is 0.276 e. The highest BCUT2D eigenvalue weighted by Crippen LogP contribution is 2.20. The number of nitrogens with one attached hydrogen (secondary N) is 2. The molecule has 0 radical (unpaired) electrons. The summed E-state index contributed by atoms with van der Waals surface area (Å²) in [5, 5.41) is 2.61. The van der Waals surface area contributed by atoms with Crippen molar-refractivity contribution in [3.05, 3.63) is 39.4 Å². The van der Waals surface area contributed by atoms with Crippen molar-refractivity contribution in [1.82, 2.24) is 9.97 Å². The van der Waals surface area contributed by atoms with Gasteiger partial charge in [0.1, 0.15) is 11.5 Å². The predicted octanol–water partition coefficient (Wildman–Crippen LogP) is 1.46. The summed E-state index contributed by atoms with van der Waals surface area (Å²) in [5.41, 5.74) is 10.5. The van der Waals surface area contributed by atoms with E-state index < -0.39 is 11.4 Å². The molecular formula is C12H11ClFN5O2S. The first-order valence-electron chi connectivity index (χ1n) is 5.90. The van der Waals surface area contributed by atoms with Crippen molar-refractivity contribution in [2.24, 2.45) is 0 Å². The van der Waals surface area contributed by atoms with E-state index in [1.54, 1.807) is 0 Å². The quantitative estimate of drug-likeness (QED) is 0.491. The first kappa shape index (κ1) is 16.1. The van der Waals surface area contributed by atoms with E-state index in [4.69, 9.17) is 23.1 Å². The van der Waals surface area contributed by atoms with Crippen LogP contribution < -0.4 is 22.3 Å². The molecule has 0 bridgehead atoms. The van der Waals surface area contributed by atoms with Crippen LogP contribution in [0.2, 0.25) is 5.02 Å². The molecule has 116 valence electrons. The molecule has 0 spiro atoms. The third kappa shape index (κ3) is 3.89. The van der Waals surface area contributed by atoms with Gasteiger partial charge in [-0.3, -0.25) is 14.6 Å². The Balaban J connectivity index is 1.98. The predicted molar refractivity (Wildman–Crippen MR) is 84.4 cm³/mol. The van der Waals surface area contributed by atoms with E-state index in [1.807, 2.05) is 0 Å². The van der Waals surface area contributed by atoms with E-state index in [0.717, 1.165) is 17.8 Å². The van der Waals surface area contributed by atoms with Crippen LogP contribution in [0.1, 0.15) is 0 Å². The van der Waals surface area contributed by atoms with Crippen LogP contribution >= 0.6 is 23.4 Å². The SMILES string of the molecule is Nc1nc(SCC(=O)Nc2ccc(F)c(Cl)c2)[nH]c(=O)c1N. The Morgan fingerprint density at radius 2 is 2.18 bits per heavy atom. The minimum Gasteiger partial charge on any atom is -0.391 e. The maximum Gasteiger partial charge on any atom is 0.276 e. The molecule has 6 N–H and O–H groups in total. The summed E-state index contributed by atoms with van der Waals surface area (Å²) in [7, 11) is 0. The molecule has 2 rings (SSSR count). The largest absolute Gasteiger partial charge is 0.391 e. The number of nitrogens with zero attached hydrogens (tertiary/aromatic N) is 1. The van der Waals surface area contributed by atoms with E-state index in [9.17, 15) is 14.0 Å². The highest BCUT2D eigenvalue weighted by Gasteiger charge is 2.09. The number of amides is 1. The molecule has 1 amide bonds. The number of H-pyrrole nitrogens is 1. The van der Waals surface area contributed by atoms with Gasteiger partial charge in [-0.2, -0.15) is 0 Å². The Morgan fingerprint density at radius 1 is 1.45 bits per heavy atom. The highest BCUT2D eigenvalue weighted by atomic mass is 35.5. The number of hydrogen-bond donors (Lipinski definition) is 4. The lowest BCUT2D eigenvalue weighted by Gasteiger charge is -2.06. The summed E-state index contributed by atoms with van der Waals surface area (Å²) in [6.07, 6.45) is 0. The Labute approximate surface area is 133 Å². The molecule has 0 aliphatic rings. The van der Waals surface area contributed by atoms with Gasteiger partial charge < -0.3 is 16.8 Å². The number of nitrogen functional groups attached to an aromatic ring is 2. The number of nitrogens with two attached hydrogens (primary N) is 2. The van der Waals surface area contributed by atoms with Crippen LogP contribution in [0.3, 0.4) is 0 Å². The third-order valence-corrected chi connectivity index (χ3v) is 3.67. The zero-order chi connectivity index (χ0) is 16.3. The molecule has 22 heavy (non-hydrogen) atoms. The highest BCUT2D eigenvalue weighted by molar-refractivity contribution is 7.99. The molecule has 7 nitrogen and oxygen atoms in total. The van der Waals surface area contributed by atoms with Crippen LogP contribution in [-0.4, -0.2) is 21.6 Å². The molecule has 10 heteroatoms. The van der Waals surface area contributed by atoms with Crippen molar-refractivity contribution in [2.45, 2.75) is 5.16 Å². The lowest BCUT2D eigenvalue weighted by Crippen LogP contribution is -2.18. The van der Waals surface area contributed by atoms with Gasteiger partial charge in [-0.05, 0) is 18.2 Å². The Bertz CT molecular complexity index is 783. The van der Waals surface area contributed by atoms with E-state index >= 15 is 0 Å². The summed E-state index contributed by atoms with van der Waals surface area (Å²) >= 11 is 6.58. The Hall–Kier alpha value is -2.26. The van der Waals surface area contributed by atoms with Gasteiger partial charge >= 0.3 is 0 Å². The van der Waals surface area contributed by atoms with Crippen molar-refractivity contribution in [2.75, 3.05) is 22.5 Å². The Kier molecular flexibility index (Phi) is 4.88. The average Bonchev–Trinajstić information content (AvgIpc) is 2.46. The van der Waals surface area contributed by atoms with Gasteiger partial charge in [0.2, 0.25) is 5.91 Å². The normalized spacial score (nSPS) is 10.5.